The number of hydrogen-bond donors (Lipinski definition) is 0. The van der Waals surface area contributed by atoms with Gasteiger partial charge in [0.15, 0.2) is 5.69 Å². The molecule has 230 valence electrons. The average Bonchev–Trinajstić information content (AvgIpc) is 3.69. The van der Waals surface area contributed by atoms with Gasteiger partial charge in [-0.25, -0.2) is 4.85 Å². The van der Waals surface area contributed by atoms with Gasteiger partial charge in [0.25, 0.3) is 0 Å². The van der Waals surface area contributed by atoms with Gasteiger partial charge in [0.2, 0.25) is 0 Å². The number of rotatable bonds is 4. The van der Waals surface area contributed by atoms with Crippen LogP contribution in [0.1, 0.15) is 11.1 Å². The van der Waals surface area contributed by atoms with Crippen molar-refractivity contribution < 1.29 is 0 Å². The Morgan fingerprint density at radius 1 is 0.480 bits per heavy atom. The second-order valence-electron chi connectivity index (χ2n) is 12.3. The molecule has 2 aromatic heterocycles. The summed E-state index contributed by atoms with van der Waals surface area (Å²) in [6.07, 6.45) is 0. The lowest BCUT2D eigenvalue weighted by Gasteiger charge is -2.16. The minimum Gasteiger partial charge on any atom is -0.310 e. The van der Waals surface area contributed by atoms with Crippen LogP contribution in [0.2, 0.25) is 0 Å². The first-order chi connectivity index (χ1) is 24.7. The van der Waals surface area contributed by atoms with E-state index in [4.69, 9.17) is 6.57 Å². The van der Waals surface area contributed by atoms with Gasteiger partial charge in [-0.2, -0.15) is 10.5 Å². The van der Waals surface area contributed by atoms with Gasteiger partial charge >= 0.3 is 0 Å². The van der Waals surface area contributed by atoms with Crippen LogP contribution in [0.4, 0.5) is 5.69 Å². The van der Waals surface area contributed by atoms with Gasteiger partial charge in [-0.1, -0.05) is 91.0 Å². The van der Waals surface area contributed by atoms with Crippen LogP contribution < -0.4 is 0 Å². The van der Waals surface area contributed by atoms with Crippen molar-refractivity contribution in [2.45, 2.75) is 0 Å². The van der Waals surface area contributed by atoms with Crippen molar-refractivity contribution in [2.24, 2.45) is 0 Å². The summed E-state index contributed by atoms with van der Waals surface area (Å²) in [6, 6.07) is 55.6. The highest BCUT2D eigenvalue weighted by atomic mass is 15.0. The number of nitrogens with zero attached hydrogens (tertiary/aromatic N) is 5. The number of nitriles is 2. The van der Waals surface area contributed by atoms with Crippen molar-refractivity contribution in [1.82, 2.24) is 9.13 Å². The fourth-order valence-electron chi connectivity index (χ4n) is 7.39. The zero-order valence-corrected chi connectivity index (χ0v) is 26.7. The monoisotopic (exact) mass is 635 g/mol. The lowest BCUT2D eigenvalue weighted by molar-refractivity contribution is 1.18. The molecule has 0 fully saturated rings. The predicted molar refractivity (Wildman–Crippen MR) is 202 cm³/mol. The Morgan fingerprint density at radius 2 is 1.18 bits per heavy atom. The molecule has 0 spiro atoms. The molecule has 0 atom stereocenters. The standard InChI is InChI=1S/C45H25N5/c1-48-33-19-21-39-40-23-29(27-46)17-22-44(40)50(45(39)26-33)41-14-5-2-11-36(41)31-18-20-35(32(24-31)28-47)30-9-8-10-34(25-30)49-42-15-6-3-12-37(42)38-13-4-7-16-43(38)49/h2-26H. The first-order valence-electron chi connectivity index (χ1n) is 16.3. The average molecular weight is 636 g/mol. The van der Waals surface area contributed by atoms with E-state index in [1.165, 1.54) is 10.8 Å². The topological polar surface area (TPSA) is 61.8 Å². The van der Waals surface area contributed by atoms with Crippen LogP contribution in [-0.4, -0.2) is 9.13 Å². The van der Waals surface area contributed by atoms with E-state index in [0.717, 1.165) is 66.5 Å². The number of aromatic nitrogens is 2. The van der Waals surface area contributed by atoms with Gasteiger partial charge < -0.3 is 9.13 Å². The number of fused-ring (bicyclic) bond motifs is 6. The van der Waals surface area contributed by atoms with Crippen molar-refractivity contribution in [3.8, 4) is 45.8 Å². The highest BCUT2D eigenvalue weighted by Crippen LogP contribution is 2.39. The summed E-state index contributed by atoms with van der Waals surface area (Å²) in [5, 5.41) is 24.5. The van der Waals surface area contributed by atoms with Crippen LogP contribution in [0.25, 0.3) is 82.1 Å². The van der Waals surface area contributed by atoms with Crippen LogP contribution in [0.5, 0.6) is 0 Å². The minimum atomic E-state index is 0.541. The van der Waals surface area contributed by atoms with Crippen LogP contribution in [0.3, 0.4) is 0 Å². The number of hydrogen-bond acceptors (Lipinski definition) is 2. The summed E-state index contributed by atoms with van der Waals surface area (Å²) in [5.41, 5.74) is 11.4. The predicted octanol–water partition coefficient (Wildman–Crippen LogP) is 11.5. The second kappa shape index (κ2) is 11.4. The third-order valence-corrected chi connectivity index (χ3v) is 9.60. The molecule has 0 aliphatic carbocycles. The van der Waals surface area contributed by atoms with Crippen molar-refractivity contribution in [2.75, 3.05) is 0 Å². The second-order valence-corrected chi connectivity index (χ2v) is 12.3. The van der Waals surface area contributed by atoms with E-state index in [1.54, 1.807) is 0 Å². The molecule has 0 aliphatic heterocycles. The minimum absolute atomic E-state index is 0.541. The van der Waals surface area contributed by atoms with Crippen molar-refractivity contribution in [3.63, 3.8) is 0 Å². The molecule has 0 amide bonds. The molecule has 0 saturated heterocycles. The molecular formula is C45H25N5. The molecule has 0 N–H and O–H groups in total. The third-order valence-electron chi connectivity index (χ3n) is 9.60. The maximum Gasteiger partial charge on any atom is 0.189 e. The zero-order chi connectivity index (χ0) is 33.8. The fraction of sp³-hybridized carbons (Fsp3) is 0. The van der Waals surface area contributed by atoms with E-state index in [0.29, 0.717) is 16.8 Å². The van der Waals surface area contributed by atoms with Gasteiger partial charge in [0.1, 0.15) is 0 Å². The third kappa shape index (κ3) is 4.38. The largest absolute Gasteiger partial charge is 0.310 e. The first-order valence-corrected chi connectivity index (χ1v) is 16.3. The lowest BCUT2D eigenvalue weighted by atomic mass is 9.94. The molecule has 9 aromatic rings. The summed E-state index contributed by atoms with van der Waals surface area (Å²) in [4.78, 5) is 3.70. The normalized spacial score (nSPS) is 11.1. The Labute approximate surface area is 288 Å². The number of benzene rings is 7. The molecule has 9 rings (SSSR count). The quantitative estimate of drug-likeness (QED) is 0.181. The van der Waals surface area contributed by atoms with Crippen molar-refractivity contribution >= 4 is 49.3 Å². The Balaban J connectivity index is 1.20. The Hall–Kier alpha value is -7.39. The molecule has 0 aliphatic rings. The Morgan fingerprint density at radius 3 is 1.94 bits per heavy atom. The van der Waals surface area contributed by atoms with Gasteiger partial charge in [0.05, 0.1) is 52.1 Å². The SMILES string of the molecule is [C-]#[N+]c1ccc2c3cc(C#N)ccc3n(-c3ccccc3-c3ccc(-c4cccc(-n5c6ccccc6c6ccccc65)c4)c(C#N)c3)c2c1. The van der Waals surface area contributed by atoms with Crippen molar-refractivity contribution in [3.05, 3.63) is 174 Å². The fourth-order valence-corrected chi connectivity index (χ4v) is 7.39. The van der Waals surface area contributed by atoms with Gasteiger partial charge in [0, 0.05) is 38.3 Å². The van der Waals surface area contributed by atoms with Crippen LogP contribution in [0, 0.1) is 29.2 Å². The lowest BCUT2D eigenvalue weighted by Crippen LogP contribution is -1.98. The number of para-hydroxylation sites is 3. The van der Waals surface area contributed by atoms with E-state index in [1.807, 2.05) is 60.7 Å². The molecule has 0 radical (unpaired) electrons. The molecule has 7 aromatic carbocycles. The molecule has 0 bridgehead atoms. The van der Waals surface area contributed by atoms with Crippen LogP contribution >= 0.6 is 0 Å². The molecule has 2 heterocycles. The van der Waals surface area contributed by atoms with E-state index in [-0.39, 0.29) is 0 Å². The molecule has 5 heteroatoms. The van der Waals surface area contributed by atoms with Gasteiger partial charge in [-0.05, 0) is 77.4 Å². The molecule has 50 heavy (non-hydrogen) atoms. The maximum absolute atomic E-state index is 10.5. The van der Waals surface area contributed by atoms with Crippen LogP contribution in [-0.2, 0) is 0 Å². The molecular weight excluding hydrogens is 611 g/mol. The molecule has 0 saturated carbocycles. The Bertz CT molecular complexity index is 2920. The van der Waals surface area contributed by atoms with Gasteiger partial charge in [-0.15, -0.1) is 0 Å². The van der Waals surface area contributed by atoms with E-state index >= 15 is 0 Å². The smallest absolute Gasteiger partial charge is 0.189 e. The van der Waals surface area contributed by atoms with Crippen LogP contribution in [0.15, 0.2) is 152 Å². The molecule has 0 unspecified atom stereocenters. The first kappa shape index (κ1) is 28.8. The summed E-state index contributed by atoms with van der Waals surface area (Å²) in [7, 11) is 0. The van der Waals surface area contributed by atoms with E-state index < -0.39 is 0 Å². The van der Waals surface area contributed by atoms with E-state index in [9.17, 15) is 10.5 Å². The van der Waals surface area contributed by atoms with E-state index in [2.05, 4.69) is 117 Å². The molecule has 5 nitrogen and oxygen atoms in total. The Kier molecular flexibility index (Phi) is 6.56. The summed E-state index contributed by atoms with van der Waals surface area (Å²) in [5.74, 6) is 0. The highest BCUT2D eigenvalue weighted by Gasteiger charge is 2.18. The summed E-state index contributed by atoms with van der Waals surface area (Å²) in [6.45, 7) is 7.67. The summed E-state index contributed by atoms with van der Waals surface area (Å²) >= 11 is 0. The maximum atomic E-state index is 10.5. The zero-order valence-electron chi connectivity index (χ0n) is 26.7. The summed E-state index contributed by atoms with van der Waals surface area (Å²) < 4.78 is 4.44. The van der Waals surface area contributed by atoms with Crippen molar-refractivity contribution in [1.29, 1.82) is 10.5 Å². The van der Waals surface area contributed by atoms with Gasteiger partial charge in [-0.3, -0.25) is 0 Å². The highest BCUT2D eigenvalue weighted by molar-refractivity contribution is 6.11.